The Morgan fingerprint density at radius 1 is 0.839 bits per heavy atom. The van der Waals surface area contributed by atoms with Crippen molar-refractivity contribution >= 4 is 97.8 Å². The SMILES string of the molecule is C=Cc1c(C)c2cc3nc(cc4[nH]c(cc5nc(cc1[nH]2)[C@@]1(C)C5=CC[C@H]2C(=O)N(c5ccc(C6SCCS6)cc5)C(=O)[C@H]21)c(C)c4CCC(=O)OC)C(CCC(=O)OC)=C3C. The molecule has 1 aliphatic carbocycles. The number of ether oxygens (including phenoxy) is 2. The van der Waals surface area contributed by atoms with Gasteiger partial charge in [-0.25, -0.2) is 4.98 Å². The number of aryl methyl sites for hydroxylation is 3. The molecule has 5 aliphatic rings. The van der Waals surface area contributed by atoms with Gasteiger partial charge in [0.2, 0.25) is 11.8 Å². The normalized spacial score (nSPS) is 20.9. The summed E-state index contributed by atoms with van der Waals surface area (Å²) in [5.74, 6) is -0.102. The molecule has 2 N–H and O–H groups in total. The Balaban J connectivity index is 1.26. The van der Waals surface area contributed by atoms with Crippen molar-refractivity contribution in [3.8, 4) is 0 Å². The number of nitrogens with zero attached hydrogens (tertiary/aromatic N) is 3. The van der Waals surface area contributed by atoms with Crippen LogP contribution >= 0.6 is 23.5 Å². The highest BCUT2D eigenvalue weighted by Crippen LogP contribution is 2.57. The largest absolute Gasteiger partial charge is 0.469 e. The first-order valence-corrected chi connectivity index (χ1v) is 23.1. The van der Waals surface area contributed by atoms with E-state index >= 15 is 0 Å². The number of H-pyrrole nitrogens is 2. The number of imide groups is 1. The summed E-state index contributed by atoms with van der Waals surface area (Å²) in [5, 5.41) is 0. The predicted octanol–water partition coefficient (Wildman–Crippen LogP) is 9.59. The quantitative estimate of drug-likeness (QED) is 0.123. The lowest BCUT2D eigenvalue weighted by atomic mass is 9.61. The van der Waals surface area contributed by atoms with Crippen molar-refractivity contribution in [2.45, 2.75) is 69.8 Å². The van der Waals surface area contributed by atoms with Gasteiger partial charge in [0.15, 0.2) is 0 Å². The number of anilines is 1. The summed E-state index contributed by atoms with van der Waals surface area (Å²) in [6, 6.07) is 16.0. The number of benzene rings is 1. The number of amides is 2. The molecule has 0 spiro atoms. The van der Waals surface area contributed by atoms with Gasteiger partial charge < -0.3 is 19.4 Å². The van der Waals surface area contributed by atoms with Gasteiger partial charge in [-0.05, 0) is 122 Å². The van der Waals surface area contributed by atoms with Crippen LogP contribution in [-0.2, 0) is 40.5 Å². The number of methoxy groups -OCH3 is 2. The number of carbonyl (C=O) groups excluding carboxylic acids is 4. The molecule has 11 nitrogen and oxygen atoms in total. The summed E-state index contributed by atoms with van der Waals surface area (Å²) >= 11 is 3.84. The second-order valence-electron chi connectivity index (χ2n) is 16.7. The molecule has 0 unspecified atom stereocenters. The average molecular weight is 868 g/mol. The first-order chi connectivity index (χ1) is 29.9. The maximum atomic E-state index is 15.0. The maximum absolute atomic E-state index is 15.0. The second kappa shape index (κ2) is 16.2. The van der Waals surface area contributed by atoms with E-state index in [0.717, 1.165) is 78.2 Å². The van der Waals surface area contributed by atoms with E-state index in [4.69, 9.17) is 19.4 Å². The Kier molecular flexibility index (Phi) is 10.9. The molecule has 7 heterocycles. The van der Waals surface area contributed by atoms with Crippen LogP contribution in [0.15, 0.2) is 61.2 Å². The molecular weight excluding hydrogens is 819 g/mol. The molecule has 318 valence electrons. The topological polar surface area (TPSA) is 147 Å². The third-order valence-electron chi connectivity index (χ3n) is 13.4. The van der Waals surface area contributed by atoms with Crippen LogP contribution in [0.1, 0.15) is 94.7 Å². The molecule has 4 aliphatic heterocycles. The van der Waals surface area contributed by atoms with Gasteiger partial charge in [-0.15, -0.1) is 23.5 Å². The molecule has 2 fully saturated rings. The van der Waals surface area contributed by atoms with Crippen LogP contribution in [0.3, 0.4) is 0 Å². The Hall–Kier alpha value is -5.66. The van der Waals surface area contributed by atoms with Crippen molar-refractivity contribution in [1.82, 2.24) is 19.9 Å². The fourth-order valence-electron chi connectivity index (χ4n) is 9.94. The Labute approximate surface area is 368 Å². The summed E-state index contributed by atoms with van der Waals surface area (Å²) < 4.78 is 10.4. The maximum Gasteiger partial charge on any atom is 0.305 e. The van der Waals surface area contributed by atoms with Crippen LogP contribution in [0.2, 0.25) is 0 Å². The van der Waals surface area contributed by atoms with Gasteiger partial charge in [0.25, 0.3) is 0 Å². The van der Waals surface area contributed by atoms with Crippen LogP contribution in [0.5, 0.6) is 0 Å². The number of hydrogen-bond acceptors (Lipinski definition) is 10. The summed E-state index contributed by atoms with van der Waals surface area (Å²) in [5.41, 5.74) is 13.2. The standard InChI is InChI=1S/C49H49N5O6S2/c1-8-30-25(2)35-21-36-26(3)31(14-17-43(55)59-6)38(50-36)23-39-32(15-18-44(56)60-7)27(4)37(51-39)22-41-34-16-13-33-45(49(34,5)42(53-41)24-40(30)52-35)47(58)54(46(33)57)29-11-9-28(10-12-29)48-61-19-20-62-48/h8-12,16,21-24,33,45,48,51-52H,1,13-15,17-20H2,2-7H3/t33-,45+,49-/m1/s1. The van der Waals surface area contributed by atoms with E-state index in [1.165, 1.54) is 24.7 Å². The molecule has 8 bridgehead atoms. The summed E-state index contributed by atoms with van der Waals surface area (Å²) in [7, 11) is 2.77. The number of hydrogen-bond donors (Lipinski definition) is 2. The fraction of sp³-hybridized carbons (Fsp3) is 0.347. The Bertz CT molecular complexity index is 2830. The first kappa shape index (κ1) is 41.7. The van der Waals surface area contributed by atoms with E-state index in [0.29, 0.717) is 46.6 Å². The van der Waals surface area contributed by atoms with E-state index in [-0.39, 0.29) is 36.6 Å². The molecule has 13 heteroatoms. The first-order valence-electron chi connectivity index (χ1n) is 21.0. The number of thioether (sulfide) groups is 2. The molecule has 0 saturated carbocycles. The smallest absolute Gasteiger partial charge is 0.305 e. The fourth-order valence-corrected chi connectivity index (χ4v) is 12.8. The number of aromatic amines is 2. The van der Waals surface area contributed by atoms with Crippen LogP contribution in [0, 0.1) is 25.7 Å². The third-order valence-corrected chi connectivity index (χ3v) is 16.5. The molecule has 9 rings (SSSR count). The molecule has 4 aromatic rings. The number of allylic oxidation sites excluding steroid dienone is 4. The number of nitrogens with one attached hydrogen (secondary N) is 2. The van der Waals surface area contributed by atoms with Gasteiger partial charge in [-0.2, -0.15) is 0 Å². The molecule has 3 aromatic heterocycles. The molecule has 1 aromatic carbocycles. The lowest BCUT2D eigenvalue weighted by Crippen LogP contribution is -2.41. The highest BCUT2D eigenvalue weighted by Gasteiger charge is 2.61. The van der Waals surface area contributed by atoms with Gasteiger partial charge >= 0.3 is 11.9 Å². The molecule has 62 heavy (non-hydrogen) atoms. The van der Waals surface area contributed by atoms with Gasteiger partial charge in [0.05, 0.1) is 59.1 Å². The van der Waals surface area contributed by atoms with Gasteiger partial charge in [0, 0.05) is 57.4 Å². The monoisotopic (exact) mass is 867 g/mol. The lowest BCUT2D eigenvalue weighted by Gasteiger charge is -2.37. The van der Waals surface area contributed by atoms with E-state index in [1.54, 1.807) is 0 Å². The average Bonchev–Trinajstić information content (AvgIpc) is 4.11. The number of fused-ring (bicyclic) bond motifs is 13. The molecule has 3 atom stereocenters. The van der Waals surface area contributed by atoms with E-state index in [9.17, 15) is 19.2 Å². The molecular formula is C49H49N5O6S2. The molecule has 2 amide bonds. The second-order valence-corrected chi connectivity index (χ2v) is 19.4. The molecule has 2 saturated heterocycles. The zero-order valence-electron chi connectivity index (χ0n) is 35.8. The van der Waals surface area contributed by atoms with Gasteiger partial charge in [-0.3, -0.25) is 29.1 Å². The number of esters is 2. The zero-order valence-corrected chi connectivity index (χ0v) is 37.4. The van der Waals surface area contributed by atoms with Crippen LogP contribution in [-0.4, -0.2) is 69.4 Å². The Morgan fingerprint density at radius 2 is 1.48 bits per heavy atom. The van der Waals surface area contributed by atoms with Gasteiger partial charge in [-0.1, -0.05) is 30.9 Å². The minimum absolute atomic E-state index is 0.172. The van der Waals surface area contributed by atoms with Crippen molar-refractivity contribution in [3.05, 3.63) is 112 Å². The lowest BCUT2D eigenvalue weighted by molar-refractivity contribution is -0.141. The van der Waals surface area contributed by atoms with Gasteiger partial charge in [0.1, 0.15) is 0 Å². The van der Waals surface area contributed by atoms with Crippen LogP contribution in [0.4, 0.5) is 5.69 Å². The minimum atomic E-state index is -0.960. The number of rotatable bonds is 9. The summed E-state index contributed by atoms with van der Waals surface area (Å²) in [6.45, 7) is 12.3. The van der Waals surface area contributed by atoms with Crippen molar-refractivity contribution in [2.75, 3.05) is 30.6 Å². The molecule has 0 radical (unpaired) electrons. The van der Waals surface area contributed by atoms with E-state index < -0.39 is 17.3 Å². The van der Waals surface area contributed by atoms with Crippen molar-refractivity contribution < 1.29 is 28.7 Å². The van der Waals surface area contributed by atoms with Crippen molar-refractivity contribution in [2.24, 2.45) is 11.8 Å². The minimum Gasteiger partial charge on any atom is -0.469 e. The highest BCUT2D eigenvalue weighted by atomic mass is 32.2. The highest BCUT2D eigenvalue weighted by molar-refractivity contribution is 8.19. The van der Waals surface area contributed by atoms with Crippen molar-refractivity contribution in [1.29, 1.82) is 0 Å². The number of aromatic nitrogens is 4. The van der Waals surface area contributed by atoms with Crippen molar-refractivity contribution in [3.63, 3.8) is 0 Å². The van der Waals surface area contributed by atoms with Crippen LogP contribution in [0.25, 0.3) is 44.9 Å². The third kappa shape index (κ3) is 6.84. The van der Waals surface area contributed by atoms with E-state index in [1.807, 2.05) is 98.9 Å². The summed E-state index contributed by atoms with van der Waals surface area (Å²) in [4.78, 5) is 73.5. The summed E-state index contributed by atoms with van der Waals surface area (Å²) in [6.07, 6.45) is 5.51. The number of carbonyl (C=O) groups is 4. The van der Waals surface area contributed by atoms with Crippen LogP contribution < -0.4 is 4.90 Å². The predicted molar refractivity (Wildman–Crippen MR) is 248 cm³/mol. The van der Waals surface area contributed by atoms with E-state index in [2.05, 4.69) is 29.5 Å². The zero-order chi connectivity index (χ0) is 43.6. The Morgan fingerprint density at radius 3 is 2.18 bits per heavy atom.